The van der Waals surface area contributed by atoms with Gasteiger partial charge in [-0.15, -0.1) is 0 Å². The van der Waals surface area contributed by atoms with Crippen molar-refractivity contribution in [2.75, 3.05) is 13.7 Å². The van der Waals surface area contributed by atoms with Gasteiger partial charge in [0, 0.05) is 17.0 Å². The molecule has 1 heterocycles. The van der Waals surface area contributed by atoms with Gasteiger partial charge < -0.3 is 14.7 Å². The lowest BCUT2D eigenvalue weighted by molar-refractivity contribution is -0.182. The third kappa shape index (κ3) is 4.83. The number of halogens is 2. The second kappa shape index (κ2) is 9.35. The minimum Gasteiger partial charge on any atom is -0.496 e. The molecule has 0 aliphatic carbocycles. The zero-order valence-electron chi connectivity index (χ0n) is 13.7. The standard InChI is InChI=1S/C10H12FNO3.C7H5ClO3/c1-14-9-3-2-8(11)10-7(9)4-6(12-13)5-15-10;8-6-3-1-2-5(4-6)7(9)11-10/h2-3,6,12-13H,4-5H2,1H3;1-4,10H/t6-;/m1./s1. The number of methoxy groups -OCH3 is 1. The smallest absolute Gasteiger partial charge is 0.372 e. The van der Waals surface area contributed by atoms with E-state index in [4.69, 9.17) is 31.5 Å². The largest absolute Gasteiger partial charge is 0.496 e. The molecule has 0 bridgehead atoms. The van der Waals surface area contributed by atoms with Crippen LogP contribution >= 0.6 is 11.6 Å². The molecule has 3 rings (SSSR count). The monoisotopic (exact) mass is 385 g/mol. The van der Waals surface area contributed by atoms with Gasteiger partial charge >= 0.3 is 5.97 Å². The van der Waals surface area contributed by atoms with E-state index in [2.05, 4.69) is 10.4 Å². The van der Waals surface area contributed by atoms with Gasteiger partial charge in [-0.2, -0.15) is 10.7 Å². The Morgan fingerprint density at radius 3 is 2.77 bits per heavy atom. The van der Waals surface area contributed by atoms with Gasteiger partial charge in [0.05, 0.1) is 18.7 Å². The topological polar surface area (TPSA) is 97.2 Å². The highest BCUT2D eigenvalue weighted by Gasteiger charge is 2.25. The Labute approximate surface area is 153 Å². The molecule has 0 spiro atoms. The van der Waals surface area contributed by atoms with Crippen LogP contribution in [0, 0.1) is 5.82 Å². The molecule has 1 aliphatic heterocycles. The van der Waals surface area contributed by atoms with Crippen molar-refractivity contribution < 1.29 is 34.0 Å². The molecule has 7 nitrogen and oxygen atoms in total. The van der Waals surface area contributed by atoms with Gasteiger partial charge in [-0.1, -0.05) is 17.7 Å². The Kier molecular flexibility index (Phi) is 7.16. The summed E-state index contributed by atoms with van der Waals surface area (Å²) in [5.41, 5.74) is 2.98. The molecule has 9 heteroatoms. The predicted molar refractivity (Wildman–Crippen MR) is 90.4 cm³/mol. The molecule has 3 N–H and O–H groups in total. The molecule has 0 amide bonds. The lowest BCUT2D eigenvalue weighted by Crippen LogP contribution is -2.37. The van der Waals surface area contributed by atoms with Gasteiger partial charge in [0.25, 0.3) is 0 Å². The van der Waals surface area contributed by atoms with Crippen molar-refractivity contribution in [1.82, 2.24) is 5.48 Å². The maximum Gasteiger partial charge on any atom is 0.372 e. The summed E-state index contributed by atoms with van der Waals surface area (Å²) in [6.45, 7) is 0.244. The molecule has 0 aromatic heterocycles. The van der Waals surface area contributed by atoms with E-state index >= 15 is 0 Å². The quantitative estimate of drug-likeness (QED) is 0.551. The Balaban J connectivity index is 0.000000197. The van der Waals surface area contributed by atoms with E-state index in [0.717, 1.165) is 0 Å². The predicted octanol–water partition coefficient (Wildman–Crippen LogP) is 3.09. The number of hydrogen-bond donors (Lipinski definition) is 3. The van der Waals surface area contributed by atoms with Crippen LogP contribution in [0.15, 0.2) is 36.4 Å². The number of nitrogens with one attached hydrogen (secondary N) is 1. The average molecular weight is 386 g/mol. The van der Waals surface area contributed by atoms with Crippen molar-refractivity contribution >= 4 is 17.6 Å². The third-order valence-corrected chi connectivity index (χ3v) is 3.83. The first-order chi connectivity index (χ1) is 12.5. The Bertz CT molecular complexity index is 773. The molecular weight excluding hydrogens is 369 g/mol. The second-order valence-corrected chi connectivity index (χ2v) is 5.72. The maximum atomic E-state index is 13.4. The number of hydroxylamine groups is 1. The molecule has 0 fully saturated rings. The van der Waals surface area contributed by atoms with Crippen molar-refractivity contribution in [2.45, 2.75) is 12.5 Å². The molecule has 0 unspecified atom stereocenters. The highest BCUT2D eigenvalue weighted by Crippen LogP contribution is 2.35. The van der Waals surface area contributed by atoms with E-state index in [0.29, 0.717) is 22.8 Å². The molecule has 140 valence electrons. The molecule has 0 radical (unpaired) electrons. The van der Waals surface area contributed by atoms with Crippen LogP contribution in [0.1, 0.15) is 15.9 Å². The summed E-state index contributed by atoms with van der Waals surface area (Å²) in [5, 5.41) is 17.2. The van der Waals surface area contributed by atoms with Gasteiger partial charge in [-0.05, 0) is 30.3 Å². The van der Waals surface area contributed by atoms with Gasteiger partial charge in [-0.3, -0.25) is 4.89 Å². The van der Waals surface area contributed by atoms with Crippen molar-refractivity contribution in [3.8, 4) is 11.5 Å². The van der Waals surface area contributed by atoms with E-state index in [-0.39, 0.29) is 24.0 Å². The molecule has 0 saturated carbocycles. The SMILES string of the molecule is COc1ccc(F)c2c1C[C@@H](NO)CO2.O=C(OO)c1cccc(Cl)c1. The van der Waals surface area contributed by atoms with Crippen LogP contribution in [0.4, 0.5) is 4.39 Å². The number of carbonyl (C=O) groups excluding carboxylic acids is 1. The number of carbonyl (C=O) groups is 1. The summed E-state index contributed by atoms with van der Waals surface area (Å²) < 4.78 is 23.7. The molecule has 1 atom stereocenters. The average Bonchev–Trinajstić information content (AvgIpc) is 2.68. The number of ether oxygens (including phenoxy) is 2. The summed E-state index contributed by atoms with van der Waals surface area (Å²) in [6.07, 6.45) is 0.479. The van der Waals surface area contributed by atoms with Gasteiger partial charge in [0.15, 0.2) is 11.6 Å². The first-order valence-electron chi connectivity index (χ1n) is 7.49. The fraction of sp³-hybridized carbons (Fsp3) is 0.235. The molecule has 1 aliphatic rings. The van der Waals surface area contributed by atoms with Crippen molar-refractivity contribution in [3.05, 3.63) is 58.4 Å². The molecule has 0 saturated heterocycles. The van der Waals surface area contributed by atoms with Crippen LogP contribution in [-0.4, -0.2) is 36.2 Å². The first kappa shape index (κ1) is 19.9. The Morgan fingerprint density at radius 2 is 2.15 bits per heavy atom. The first-order valence-corrected chi connectivity index (χ1v) is 7.87. The number of fused-ring (bicyclic) bond motifs is 1. The van der Waals surface area contributed by atoms with Crippen molar-refractivity contribution in [1.29, 1.82) is 0 Å². The van der Waals surface area contributed by atoms with Gasteiger partial charge in [0.1, 0.15) is 12.4 Å². The maximum absolute atomic E-state index is 13.4. The van der Waals surface area contributed by atoms with Crippen LogP contribution in [0.5, 0.6) is 11.5 Å². The van der Waals surface area contributed by atoms with Gasteiger partial charge in [0.2, 0.25) is 0 Å². The lowest BCUT2D eigenvalue weighted by Gasteiger charge is -2.25. The summed E-state index contributed by atoms with van der Waals surface area (Å²) in [6, 6.07) is 8.74. The zero-order valence-corrected chi connectivity index (χ0v) is 14.5. The highest BCUT2D eigenvalue weighted by atomic mass is 35.5. The van der Waals surface area contributed by atoms with Crippen LogP contribution in [0.3, 0.4) is 0 Å². The van der Waals surface area contributed by atoms with Crippen LogP contribution in [0.2, 0.25) is 5.02 Å². The van der Waals surface area contributed by atoms with E-state index in [1.165, 1.54) is 25.3 Å². The normalized spacial score (nSPS) is 15.0. The highest BCUT2D eigenvalue weighted by molar-refractivity contribution is 6.30. The Morgan fingerprint density at radius 1 is 1.38 bits per heavy atom. The third-order valence-electron chi connectivity index (χ3n) is 3.59. The molecule has 26 heavy (non-hydrogen) atoms. The minimum absolute atomic E-state index is 0.222. The summed E-state index contributed by atoms with van der Waals surface area (Å²) in [7, 11) is 1.52. The molecule has 2 aromatic carbocycles. The van der Waals surface area contributed by atoms with Crippen LogP contribution < -0.4 is 15.0 Å². The summed E-state index contributed by atoms with van der Waals surface area (Å²) >= 11 is 5.56. The fourth-order valence-electron chi connectivity index (χ4n) is 2.36. The lowest BCUT2D eigenvalue weighted by atomic mass is 10.0. The molecular formula is C17H17ClFNO6. The van der Waals surface area contributed by atoms with E-state index in [1.54, 1.807) is 18.2 Å². The zero-order chi connectivity index (χ0) is 19.1. The number of hydrogen-bond acceptors (Lipinski definition) is 7. The van der Waals surface area contributed by atoms with E-state index in [1.807, 2.05) is 0 Å². The Hall–Kier alpha value is -2.39. The van der Waals surface area contributed by atoms with Gasteiger partial charge in [-0.25, -0.2) is 9.18 Å². The number of benzene rings is 2. The van der Waals surface area contributed by atoms with E-state index in [9.17, 15) is 9.18 Å². The van der Waals surface area contributed by atoms with Crippen LogP contribution in [0.25, 0.3) is 0 Å². The van der Waals surface area contributed by atoms with Crippen molar-refractivity contribution in [3.63, 3.8) is 0 Å². The van der Waals surface area contributed by atoms with Crippen molar-refractivity contribution in [2.24, 2.45) is 0 Å². The van der Waals surface area contributed by atoms with Crippen LogP contribution in [-0.2, 0) is 11.3 Å². The summed E-state index contributed by atoms with van der Waals surface area (Å²) in [5.74, 6) is -0.415. The minimum atomic E-state index is -0.813. The second-order valence-electron chi connectivity index (χ2n) is 5.29. The molecule has 2 aromatic rings. The number of rotatable bonds is 3. The van der Waals surface area contributed by atoms with E-state index < -0.39 is 11.8 Å². The fourth-order valence-corrected chi connectivity index (χ4v) is 2.55. The summed E-state index contributed by atoms with van der Waals surface area (Å²) in [4.78, 5) is 14.1.